The minimum atomic E-state index is -0.342. The van der Waals surface area contributed by atoms with Crippen LogP contribution in [0.2, 0.25) is 10.0 Å². The van der Waals surface area contributed by atoms with Crippen molar-refractivity contribution in [3.63, 3.8) is 0 Å². The van der Waals surface area contributed by atoms with Crippen molar-refractivity contribution >= 4 is 67.2 Å². The molecule has 0 unspecified atom stereocenters. The molecule has 0 aliphatic rings. The Kier molecular flexibility index (Phi) is 8.82. The van der Waals surface area contributed by atoms with E-state index in [2.05, 4.69) is 42.4 Å². The molecular formula is C24H20Br2Cl2N2O3. The van der Waals surface area contributed by atoms with E-state index in [0.717, 1.165) is 28.0 Å². The predicted octanol–water partition coefficient (Wildman–Crippen LogP) is 7.49. The lowest BCUT2D eigenvalue weighted by atomic mass is 10.1. The zero-order valence-electron chi connectivity index (χ0n) is 18.0. The number of amides is 1. The van der Waals surface area contributed by atoms with Gasteiger partial charge < -0.3 is 9.47 Å². The number of methoxy groups -OCH3 is 1. The quantitative estimate of drug-likeness (QED) is 0.222. The highest BCUT2D eigenvalue weighted by molar-refractivity contribution is 9.11. The van der Waals surface area contributed by atoms with Crippen molar-refractivity contribution < 1.29 is 14.3 Å². The van der Waals surface area contributed by atoms with Gasteiger partial charge in [0, 0.05) is 5.56 Å². The zero-order chi connectivity index (χ0) is 24.1. The lowest BCUT2D eigenvalue weighted by molar-refractivity contribution is 0.0955. The molecule has 0 saturated carbocycles. The molecule has 33 heavy (non-hydrogen) atoms. The number of aryl methyl sites for hydroxylation is 2. The second-order valence-electron chi connectivity index (χ2n) is 7.19. The molecule has 0 aliphatic heterocycles. The van der Waals surface area contributed by atoms with Gasteiger partial charge in [-0.15, -0.1) is 0 Å². The number of benzene rings is 3. The van der Waals surface area contributed by atoms with Gasteiger partial charge in [-0.05, 0) is 104 Å². The van der Waals surface area contributed by atoms with Crippen molar-refractivity contribution in [2.45, 2.75) is 20.5 Å². The average molecular weight is 615 g/mol. The fraction of sp³-hybridized carbons (Fsp3) is 0.167. The topological polar surface area (TPSA) is 59.9 Å². The summed E-state index contributed by atoms with van der Waals surface area (Å²) < 4.78 is 12.6. The molecule has 0 aromatic heterocycles. The maximum atomic E-state index is 12.4. The van der Waals surface area contributed by atoms with Crippen molar-refractivity contribution in [1.82, 2.24) is 5.43 Å². The highest BCUT2D eigenvalue weighted by Gasteiger charge is 2.13. The Hall–Kier alpha value is -2.06. The van der Waals surface area contributed by atoms with E-state index < -0.39 is 0 Å². The standard InChI is InChI=1S/C24H20Br2Cl2N2O3/c1-13-6-16(7-14(2)22(13)33-12-15-4-5-20(27)21(28)8-15)11-29-30-24(31)17-9-18(25)23(32-3)19(26)10-17/h4-11H,12H2,1-3H3,(H,30,31)/b29-11-. The summed E-state index contributed by atoms with van der Waals surface area (Å²) in [7, 11) is 1.56. The molecule has 172 valence electrons. The van der Waals surface area contributed by atoms with Gasteiger partial charge in [-0.1, -0.05) is 29.3 Å². The number of carbonyl (C=O) groups excluding carboxylic acids is 1. The summed E-state index contributed by atoms with van der Waals surface area (Å²) in [4.78, 5) is 12.4. The van der Waals surface area contributed by atoms with Crippen LogP contribution in [-0.2, 0) is 6.61 Å². The number of hydrogen-bond acceptors (Lipinski definition) is 4. The van der Waals surface area contributed by atoms with Gasteiger partial charge in [-0.25, -0.2) is 5.43 Å². The van der Waals surface area contributed by atoms with Crippen molar-refractivity contribution in [3.05, 3.63) is 89.3 Å². The summed E-state index contributed by atoms with van der Waals surface area (Å²) in [5, 5.41) is 5.09. The van der Waals surface area contributed by atoms with E-state index in [4.69, 9.17) is 32.7 Å². The van der Waals surface area contributed by atoms with Gasteiger partial charge in [-0.2, -0.15) is 5.10 Å². The molecule has 0 heterocycles. The van der Waals surface area contributed by atoms with Crippen molar-refractivity contribution in [2.75, 3.05) is 7.11 Å². The number of nitrogens with zero attached hydrogens (tertiary/aromatic N) is 1. The minimum Gasteiger partial charge on any atom is -0.494 e. The first-order chi connectivity index (χ1) is 15.7. The van der Waals surface area contributed by atoms with Gasteiger partial charge in [0.1, 0.15) is 18.1 Å². The largest absolute Gasteiger partial charge is 0.494 e. The highest BCUT2D eigenvalue weighted by Crippen LogP contribution is 2.34. The van der Waals surface area contributed by atoms with Gasteiger partial charge in [0.2, 0.25) is 0 Å². The molecule has 0 spiro atoms. The van der Waals surface area contributed by atoms with Gasteiger partial charge in [0.25, 0.3) is 5.91 Å². The molecular weight excluding hydrogens is 595 g/mol. The highest BCUT2D eigenvalue weighted by atomic mass is 79.9. The number of ether oxygens (including phenoxy) is 2. The molecule has 0 aliphatic carbocycles. The normalized spacial score (nSPS) is 11.0. The Morgan fingerprint density at radius 3 is 2.21 bits per heavy atom. The molecule has 1 amide bonds. The maximum Gasteiger partial charge on any atom is 0.271 e. The summed E-state index contributed by atoms with van der Waals surface area (Å²) in [6.07, 6.45) is 1.59. The summed E-state index contributed by atoms with van der Waals surface area (Å²) in [6, 6.07) is 12.6. The molecule has 0 fully saturated rings. The Morgan fingerprint density at radius 2 is 1.64 bits per heavy atom. The van der Waals surface area contributed by atoms with E-state index in [1.54, 1.807) is 37.6 Å². The van der Waals surface area contributed by atoms with Gasteiger partial charge >= 0.3 is 0 Å². The third-order valence-corrected chi connectivity index (χ3v) is 6.61. The Morgan fingerprint density at radius 1 is 1.00 bits per heavy atom. The average Bonchev–Trinajstić information content (AvgIpc) is 2.75. The second kappa shape index (κ2) is 11.4. The Labute approximate surface area is 219 Å². The van der Waals surface area contributed by atoms with Gasteiger partial charge in [-0.3, -0.25) is 4.79 Å². The monoisotopic (exact) mass is 612 g/mol. The van der Waals surface area contributed by atoms with E-state index in [0.29, 0.717) is 36.9 Å². The Bertz CT molecular complexity index is 1190. The second-order valence-corrected chi connectivity index (χ2v) is 9.72. The van der Waals surface area contributed by atoms with Crippen LogP contribution in [0.25, 0.3) is 0 Å². The van der Waals surface area contributed by atoms with Crippen LogP contribution < -0.4 is 14.9 Å². The third-order valence-electron chi connectivity index (χ3n) is 4.69. The fourth-order valence-corrected chi connectivity index (χ4v) is 5.02. The molecule has 5 nitrogen and oxygen atoms in total. The third kappa shape index (κ3) is 6.51. The molecule has 0 atom stereocenters. The molecule has 3 aromatic rings. The van der Waals surface area contributed by atoms with Crippen molar-refractivity contribution in [1.29, 1.82) is 0 Å². The van der Waals surface area contributed by atoms with Crippen LogP contribution in [-0.4, -0.2) is 19.2 Å². The van der Waals surface area contributed by atoms with Crippen LogP contribution >= 0.6 is 55.1 Å². The smallest absolute Gasteiger partial charge is 0.271 e. The summed E-state index contributed by atoms with van der Waals surface area (Å²) in [5.74, 6) is 1.06. The molecule has 1 N–H and O–H groups in total. The van der Waals surface area contributed by atoms with Gasteiger partial charge in [0.15, 0.2) is 0 Å². The minimum absolute atomic E-state index is 0.342. The lowest BCUT2D eigenvalue weighted by Gasteiger charge is -2.13. The number of carbonyl (C=O) groups is 1. The first kappa shape index (κ1) is 25.6. The number of hydrazone groups is 1. The van der Waals surface area contributed by atoms with E-state index in [1.165, 1.54) is 0 Å². The summed E-state index contributed by atoms with van der Waals surface area (Å²) >= 11 is 18.8. The first-order valence-electron chi connectivity index (χ1n) is 9.74. The van der Waals surface area contributed by atoms with E-state index in [1.807, 2.05) is 32.0 Å². The molecule has 0 saturated heterocycles. The number of nitrogens with one attached hydrogen (secondary N) is 1. The predicted molar refractivity (Wildman–Crippen MR) is 140 cm³/mol. The maximum absolute atomic E-state index is 12.4. The van der Waals surface area contributed by atoms with Crippen LogP contribution in [0.4, 0.5) is 0 Å². The number of hydrogen-bond donors (Lipinski definition) is 1. The number of rotatable bonds is 7. The lowest BCUT2D eigenvalue weighted by Crippen LogP contribution is -2.17. The van der Waals surface area contributed by atoms with Crippen molar-refractivity contribution in [2.24, 2.45) is 5.10 Å². The molecule has 3 rings (SSSR count). The van der Waals surface area contributed by atoms with Crippen LogP contribution in [0, 0.1) is 13.8 Å². The zero-order valence-corrected chi connectivity index (χ0v) is 22.7. The van der Waals surface area contributed by atoms with Crippen LogP contribution in [0.1, 0.15) is 32.6 Å². The SMILES string of the molecule is COc1c(Br)cc(C(=O)N/N=C\c2cc(C)c(OCc3ccc(Cl)c(Cl)c3)c(C)c2)cc1Br. The summed E-state index contributed by atoms with van der Waals surface area (Å²) in [6.45, 7) is 4.29. The van der Waals surface area contributed by atoms with E-state index in [9.17, 15) is 4.79 Å². The van der Waals surface area contributed by atoms with E-state index in [-0.39, 0.29) is 5.91 Å². The van der Waals surface area contributed by atoms with Crippen molar-refractivity contribution in [3.8, 4) is 11.5 Å². The number of halogens is 4. The molecule has 0 radical (unpaired) electrons. The van der Waals surface area contributed by atoms with Crippen LogP contribution in [0.3, 0.4) is 0 Å². The van der Waals surface area contributed by atoms with Crippen LogP contribution in [0.15, 0.2) is 56.5 Å². The molecule has 9 heteroatoms. The summed E-state index contributed by atoms with van der Waals surface area (Å²) in [5.41, 5.74) is 6.64. The molecule has 0 bridgehead atoms. The van der Waals surface area contributed by atoms with Gasteiger partial charge in [0.05, 0.1) is 32.3 Å². The Balaban J connectivity index is 1.67. The fourth-order valence-electron chi connectivity index (χ4n) is 3.19. The van der Waals surface area contributed by atoms with Crippen LogP contribution in [0.5, 0.6) is 11.5 Å². The van der Waals surface area contributed by atoms with E-state index >= 15 is 0 Å². The first-order valence-corrected chi connectivity index (χ1v) is 12.1. The molecule has 3 aromatic carbocycles.